The lowest BCUT2D eigenvalue weighted by atomic mass is 9.99. The summed E-state index contributed by atoms with van der Waals surface area (Å²) in [4.78, 5) is 9.81. The van der Waals surface area contributed by atoms with Gasteiger partial charge in [-0.3, -0.25) is 0 Å². The van der Waals surface area contributed by atoms with Gasteiger partial charge in [0.25, 0.3) is 0 Å². The first-order valence-corrected chi connectivity index (χ1v) is 5.82. The summed E-state index contributed by atoms with van der Waals surface area (Å²) in [7, 11) is 0. The molecule has 7 nitrogen and oxygen atoms in total. The van der Waals surface area contributed by atoms with Gasteiger partial charge in [0.1, 0.15) is 24.4 Å². The van der Waals surface area contributed by atoms with Crippen molar-refractivity contribution in [2.75, 3.05) is 6.61 Å². The summed E-state index contributed by atoms with van der Waals surface area (Å²) < 4.78 is 5.10. The summed E-state index contributed by atoms with van der Waals surface area (Å²) in [6, 6.07) is 8.51. The van der Waals surface area contributed by atoms with Crippen molar-refractivity contribution in [2.45, 2.75) is 30.7 Å². The van der Waals surface area contributed by atoms with Gasteiger partial charge in [0, 0.05) is 0 Å². The van der Waals surface area contributed by atoms with Crippen molar-refractivity contribution in [1.82, 2.24) is 0 Å². The van der Waals surface area contributed by atoms with Crippen molar-refractivity contribution in [3.63, 3.8) is 0 Å². The molecule has 106 valence electrons. The molecule has 1 saturated heterocycles. The third-order valence-electron chi connectivity index (χ3n) is 2.83. The van der Waals surface area contributed by atoms with E-state index >= 15 is 0 Å². The molecule has 1 aliphatic heterocycles. The number of para-hydroxylation sites is 1. The highest BCUT2D eigenvalue weighted by Gasteiger charge is 2.45. The van der Waals surface area contributed by atoms with E-state index < -0.39 is 37.3 Å². The van der Waals surface area contributed by atoms with E-state index in [-0.39, 0.29) is 0 Å². The maximum absolute atomic E-state index is 9.68. The summed E-state index contributed by atoms with van der Waals surface area (Å²) in [5.41, 5.74) is 0. The van der Waals surface area contributed by atoms with Crippen LogP contribution in [-0.4, -0.2) is 57.7 Å². The van der Waals surface area contributed by atoms with Crippen LogP contribution in [0.1, 0.15) is 0 Å². The quantitative estimate of drug-likeness (QED) is 0.402. The summed E-state index contributed by atoms with van der Waals surface area (Å²) >= 11 is 0. The summed E-state index contributed by atoms with van der Waals surface area (Å²) in [5.74, 6) is 0.388. The highest BCUT2D eigenvalue weighted by atomic mass is 17.2. The van der Waals surface area contributed by atoms with Crippen molar-refractivity contribution in [3.8, 4) is 5.75 Å². The Morgan fingerprint density at radius 2 is 1.68 bits per heavy atom. The van der Waals surface area contributed by atoms with Crippen LogP contribution in [0.2, 0.25) is 0 Å². The second-order valence-corrected chi connectivity index (χ2v) is 4.19. The zero-order chi connectivity index (χ0) is 13.8. The number of aliphatic hydroxyl groups is 4. The van der Waals surface area contributed by atoms with Crippen LogP contribution >= 0.6 is 0 Å². The predicted molar refractivity (Wildman–Crippen MR) is 61.9 cm³/mol. The fourth-order valence-electron chi connectivity index (χ4n) is 1.73. The van der Waals surface area contributed by atoms with Crippen LogP contribution in [0.3, 0.4) is 0 Å². The smallest absolute Gasteiger partial charge is 0.232 e. The van der Waals surface area contributed by atoms with E-state index in [1.165, 1.54) is 0 Å². The number of hydrogen-bond donors (Lipinski definition) is 4. The summed E-state index contributed by atoms with van der Waals surface area (Å²) in [5, 5.41) is 37.8. The predicted octanol–water partition coefficient (Wildman–Crippen LogP) is -1.20. The molecule has 4 N–H and O–H groups in total. The number of aliphatic hydroxyl groups excluding tert-OH is 4. The minimum Gasteiger partial charge on any atom is -0.394 e. The van der Waals surface area contributed by atoms with Gasteiger partial charge in [-0.05, 0) is 12.1 Å². The molecular weight excluding hydrogens is 256 g/mol. The molecule has 0 spiro atoms. The van der Waals surface area contributed by atoms with E-state index in [0.29, 0.717) is 5.75 Å². The molecule has 0 amide bonds. The minimum atomic E-state index is -1.49. The molecule has 1 aromatic carbocycles. The third kappa shape index (κ3) is 3.21. The molecule has 1 aliphatic rings. The van der Waals surface area contributed by atoms with Crippen LogP contribution in [0.5, 0.6) is 5.75 Å². The first-order chi connectivity index (χ1) is 9.13. The van der Waals surface area contributed by atoms with Crippen molar-refractivity contribution >= 4 is 0 Å². The van der Waals surface area contributed by atoms with Crippen LogP contribution in [0, 0.1) is 0 Å². The molecule has 0 radical (unpaired) electrons. The van der Waals surface area contributed by atoms with Gasteiger partial charge in [-0.15, -0.1) is 0 Å². The molecule has 1 heterocycles. The number of hydrogen-bond acceptors (Lipinski definition) is 7. The van der Waals surface area contributed by atoms with Gasteiger partial charge >= 0.3 is 0 Å². The third-order valence-corrected chi connectivity index (χ3v) is 2.83. The van der Waals surface area contributed by atoms with Crippen LogP contribution < -0.4 is 4.89 Å². The fraction of sp³-hybridized carbons (Fsp3) is 0.500. The van der Waals surface area contributed by atoms with E-state index in [1.807, 2.05) is 0 Å². The highest BCUT2D eigenvalue weighted by Crippen LogP contribution is 2.22. The molecule has 2 rings (SSSR count). The minimum absolute atomic E-state index is 0.388. The highest BCUT2D eigenvalue weighted by molar-refractivity contribution is 5.20. The molecular formula is C12H16O7. The summed E-state index contributed by atoms with van der Waals surface area (Å²) in [6.45, 7) is -0.518. The maximum Gasteiger partial charge on any atom is 0.232 e. The van der Waals surface area contributed by atoms with E-state index in [9.17, 15) is 15.3 Å². The first-order valence-electron chi connectivity index (χ1n) is 5.82. The lowest BCUT2D eigenvalue weighted by Gasteiger charge is -2.38. The molecule has 1 fully saturated rings. The zero-order valence-corrected chi connectivity index (χ0v) is 9.99. The standard InChI is InChI=1S/C12H16O7/c13-6-8-9(14)10(15)11(16)12(17-8)19-18-7-4-2-1-3-5-7/h1-5,8-16H,6H2/t8-,9+,10+,11-,12+/m1/s1. The van der Waals surface area contributed by atoms with E-state index in [0.717, 1.165) is 0 Å². The van der Waals surface area contributed by atoms with Crippen molar-refractivity contribution in [2.24, 2.45) is 0 Å². The van der Waals surface area contributed by atoms with E-state index in [1.54, 1.807) is 30.3 Å². The Hall–Kier alpha value is -1.22. The first kappa shape index (κ1) is 14.2. The molecule has 1 aromatic rings. The van der Waals surface area contributed by atoms with Gasteiger partial charge in [-0.2, -0.15) is 4.89 Å². The second kappa shape index (κ2) is 6.29. The zero-order valence-electron chi connectivity index (χ0n) is 9.99. The number of benzene rings is 1. The van der Waals surface area contributed by atoms with Gasteiger partial charge in [0.05, 0.1) is 6.61 Å². The van der Waals surface area contributed by atoms with Crippen molar-refractivity contribution in [1.29, 1.82) is 0 Å². The largest absolute Gasteiger partial charge is 0.394 e. The second-order valence-electron chi connectivity index (χ2n) is 4.19. The Labute approximate surface area is 109 Å². The molecule has 0 saturated carbocycles. The van der Waals surface area contributed by atoms with Gasteiger partial charge in [-0.25, -0.2) is 0 Å². The van der Waals surface area contributed by atoms with Gasteiger partial charge < -0.3 is 30.1 Å². The fourth-order valence-corrected chi connectivity index (χ4v) is 1.73. The monoisotopic (exact) mass is 272 g/mol. The normalized spacial score (nSPS) is 35.1. The maximum atomic E-state index is 9.68. The van der Waals surface area contributed by atoms with Crippen LogP contribution in [-0.2, 0) is 9.62 Å². The van der Waals surface area contributed by atoms with E-state index in [4.69, 9.17) is 19.6 Å². The van der Waals surface area contributed by atoms with E-state index in [2.05, 4.69) is 0 Å². The lowest BCUT2D eigenvalue weighted by Crippen LogP contribution is -2.59. The van der Waals surface area contributed by atoms with Crippen LogP contribution in [0.4, 0.5) is 0 Å². The van der Waals surface area contributed by atoms with Crippen molar-refractivity contribution in [3.05, 3.63) is 30.3 Å². The molecule has 7 heteroatoms. The molecule has 19 heavy (non-hydrogen) atoms. The molecule has 0 aromatic heterocycles. The van der Waals surface area contributed by atoms with Gasteiger partial charge in [0.15, 0.2) is 5.75 Å². The van der Waals surface area contributed by atoms with Crippen molar-refractivity contribution < 1.29 is 34.9 Å². The number of ether oxygens (including phenoxy) is 1. The Morgan fingerprint density at radius 1 is 1.00 bits per heavy atom. The van der Waals surface area contributed by atoms with Crippen LogP contribution in [0.15, 0.2) is 30.3 Å². The Balaban J connectivity index is 1.95. The average molecular weight is 272 g/mol. The molecule has 0 aliphatic carbocycles. The average Bonchev–Trinajstić information content (AvgIpc) is 2.45. The molecule has 0 unspecified atom stereocenters. The molecule has 5 atom stereocenters. The Morgan fingerprint density at radius 3 is 2.32 bits per heavy atom. The van der Waals surface area contributed by atoms with Crippen LogP contribution in [0.25, 0.3) is 0 Å². The molecule has 0 bridgehead atoms. The SMILES string of the molecule is OC[C@H]1O[C@@H](OOc2ccccc2)[C@H](O)[C@@H](O)[C@H]1O. The van der Waals surface area contributed by atoms with Gasteiger partial charge in [-0.1, -0.05) is 18.2 Å². The Kier molecular flexibility index (Phi) is 4.70. The topological polar surface area (TPSA) is 109 Å². The summed E-state index contributed by atoms with van der Waals surface area (Å²) in [6.07, 6.45) is -6.73. The lowest BCUT2D eigenvalue weighted by molar-refractivity contribution is -0.386. The Bertz CT molecular complexity index is 383. The van der Waals surface area contributed by atoms with Gasteiger partial charge in [0.2, 0.25) is 6.29 Å². The number of rotatable bonds is 4.